The van der Waals surface area contributed by atoms with Crippen LogP contribution in [-0.2, 0) is 4.79 Å². The van der Waals surface area contributed by atoms with Crippen molar-refractivity contribution in [3.05, 3.63) is 0 Å². The van der Waals surface area contributed by atoms with Crippen molar-refractivity contribution in [3.8, 4) is 0 Å². The van der Waals surface area contributed by atoms with Crippen molar-refractivity contribution in [3.63, 3.8) is 0 Å². The summed E-state index contributed by atoms with van der Waals surface area (Å²) in [5.41, 5.74) is 0.607. The Kier molecular flexibility index (Phi) is 5.85. The van der Waals surface area contributed by atoms with Gasteiger partial charge in [-0.2, -0.15) is 0 Å². The van der Waals surface area contributed by atoms with Crippen molar-refractivity contribution in [1.29, 1.82) is 0 Å². The van der Waals surface area contributed by atoms with Crippen molar-refractivity contribution < 1.29 is 4.79 Å². The molecule has 2 N–H and O–H groups in total. The molecule has 2 saturated heterocycles. The predicted molar refractivity (Wildman–Crippen MR) is 104 cm³/mol. The zero-order valence-electron chi connectivity index (χ0n) is 14.7. The highest BCUT2D eigenvalue weighted by Crippen LogP contribution is 2.51. The number of carbonyl (C=O) groups is 1. The molecule has 0 aromatic carbocycles. The van der Waals surface area contributed by atoms with Gasteiger partial charge in [0.25, 0.3) is 0 Å². The predicted octanol–water partition coefficient (Wildman–Crippen LogP) is 2.22. The zero-order valence-corrected chi connectivity index (χ0v) is 17.0. The molecule has 0 radical (unpaired) electrons. The third-order valence-electron chi connectivity index (χ3n) is 5.67. The van der Waals surface area contributed by atoms with E-state index in [1.54, 1.807) is 0 Å². The van der Waals surface area contributed by atoms with Gasteiger partial charge >= 0.3 is 0 Å². The van der Waals surface area contributed by atoms with Gasteiger partial charge in [0.15, 0.2) is 5.96 Å². The largest absolute Gasteiger partial charge is 0.357 e. The smallest absolute Gasteiger partial charge is 0.220 e. The van der Waals surface area contributed by atoms with Gasteiger partial charge in [0, 0.05) is 44.6 Å². The summed E-state index contributed by atoms with van der Waals surface area (Å²) in [6.07, 6.45) is 4.27. The Morgan fingerprint density at radius 3 is 2.78 bits per heavy atom. The minimum Gasteiger partial charge on any atom is -0.357 e. The number of aliphatic imine (C=N–C) groups is 1. The second-order valence-corrected chi connectivity index (χ2v) is 8.06. The first kappa shape index (κ1) is 18.8. The third kappa shape index (κ3) is 4.31. The quantitative estimate of drug-likeness (QED) is 0.407. The topological polar surface area (TPSA) is 56.7 Å². The molecule has 3 aliphatic rings. The lowest BCUT2D eigenvalue weighted by Gasteiger charge is -2.40. The summed E-state index contributed by atoms with van der Waals surface area (Å²) in [4.78, 5) is 18.9. The van der Waals surface area contributed by atoms with E-state index >= 15 is 0 Å². The Morgan fingerprint density at radius 1 is 1.48 bits per heavy atom. The number of piperidine rings is 1. The molecule has 1 aliphatic carbocycles. The van der Waals surface area contributed by atoms with Crippen molar-refractivity contribution in [2.45, 2.75) is 46.5 Å². The fourth-order valence-corrected chi connectivity index (χ4v) is 3.94. The number of nitrogens with one attached hydrogen (secondary N) is 2. The summed E-state index contributed by atoms with van der Waals surface area (Å²) in [6, 6.07) is 0. The maximum atomic E-state index is 11.6. The summed E-state index contributed by atoms with van der Waals surface area (Å²) in [7, 11) is 0. The van der Waals surface area contributed by atoms with E-state index in [0.29, 0.717) is 11.8 Å². The molecule has 2 unspecified atom stereocenters. The second kappa shape index (κ2) is 7.15. The molecule has 132 valence electrons. The van der Waals surface area contributed by atoms with E-state index in [9.17, 15) is 4.79 Å². The van der Waals surface area contributed by atoms with Crippen LogP contribution < -0.4 is 10.6 Å². The number of halogens is 1. The van der Waals surface area contributed by atoms with Crippen molar-refractivity contribution in [2.75, 3.05) is 32.7 Å². The van der Waals surface area contributed by atoms with Gasteiger partial charge in [0.1, 0.15) is 0 Å². The Bertz CT molecular complexity index is 479. The van der Waals surface area contributed by atoms with Gasteiger partial charge in [0.05, 0.1) is 0 Å². The SMILES string of the molecule is CCNC(=NCC1CC1(C)C)N1CCCC2(CNC(=O)C2)C1.I. The first-order chi connectivity index (χ1) is 10.4. The summed E-state index contributed by atoms with van der Waals surface area (Å²) in [5.74, 6) is 1.99. The molecule has 1 amide bonds. The normalized spacial score (nSPS) is 32.5. The van der Waals surface area contributed by atoms with Crippen LogP contribution in [0.4, 0.5) is 0 Å². The average molecular weight is 434 g/mol. The minimum absolute atomic E-state index is 0. The first-order valence-corrected chi connectivity index (χ1v) is 8.74. The van der Waals surface area contributed by atoms with Crippen LogP contribution in [0.25, 0.3) is 0 Å². The van der Waals surface area contributed by atoms with E-state index in [-0.39, 0.29) is 35.3 Å². The Hall–Kier alpha value is -0.530. The number of likely N-dealkylation sites (tertiary alicyclic amines) is 1. The molecule has 0 aromatic heterocycles. The van der Waals surface area contributed by atoms with Crippen molar-refractivity contribution >= 4 is 35.8 Å². The molecule has 2 heterocycles. The highest BCUT2D eigenvalue weighted by Gasteiger charge is 2.45. The van der Waals surface area contributed by atoms with Crippen LogP contribution in [0.1, 0.15) is 46.5 Å². The average Bonchev–Trinajstić information content (AvgIpc) is 2.93. The maximum Gasteiger partial charge on any atom is 0.220 e. The standard InChI is InChI=1S/C17H30N4O.HI/c1-4-18-15(19-10-13-8-16(13,2)3)21-7-5-6-17(12-21)9-14(22)20-11-17;/h13H,4-12H2,1-3H3,(H,18,19)(H,20,22);1H. The molecule has 23 heavy (non-hydrogen) atoms. The van der Waals surface area contributed by atoms with E-state index in [1.165, 1.54) is 6.42 Å². The number of guanidine groups is 1. The summed E-state index contributed by atoms with van der Waals surface area (Å²) < 4.78 is 0. The lowest BCUT2D eigenvalue weighted by Crippen LogP contribution is -2.51. The van der Waals surface area contributed by atoms with Crippen LogP contribution in [0.5, 0.6) is 0 Å². The number of hydrogen-bond donors (Lipinski definition) is 2. The second-order valence-electron chi connectivity index (χ2n) is 8.06. The molecule has 2 aliphatic heterocycles. The molecule has 1 spiro atoms. The van der Waals surface area contributed by atoms with Gasteiger partial charge in [-0.3, -0.25) is 9.79 Å². The minimum atomic E-state index is 0. The third-order valence-corrected chi connectivity index (χ3v) is 5.67. The monoisotopic (exact) mass is 434 g/mol. The molecule has 0 aromatic rings. The van der Waals surface area contributed by atoms with Gasteiger partial charge in [-0.05, 0) is 37.5 Å². The van der Waals surface area contributed by atoms with Crippen LogP contribution in [0.15, 0.2) is 4.99 Å². The van der Waals surface area contributed by atoms with E-state index in [1.807, 2.05) is 0 Å². The van der Waals surface area contributed by atoms with Crippen LogP contribution in [0, 0.1) is 16.7 Å². The fourth-order valence-electron chi connectivity index (χ4n) is 3.94. The molecule has 0 bridgehead atoms. The summed E-state index contributed by atoms with van der Waals surface area (Å²) >= 11 is 0. The summed E-state index contributed by atoms with van der Waals surface area (Å²) in [5, 5.41) is 6.47. The van der Waals surface area contributed by atoms with Gasteiger partial charge in [-0.15, -0.1) is 24.0 Å². The van der Waals surface area contributed by atoms with E-state index in [0.717, 1.165) is 57.4 Å². The Morgan fingerprint density at radius 2 is 2.22 bits per heavy atom. The molecular formula is C17H31IN4O. The number of amides is 1. The first-order valence-electron chi connectivity index (χ1n) is 8.74. The maximum absolute atomic E-state index is 11.6. The number of hydrogen-bond acceptors (Lipinski definition) is 2. The van der Waals surface area contributed by atoms with Crippen LogP contribution in [0.2, 0.25) is 0 Å². The van der Waals surface area contributed by atoms with Crippen LogP contribution in [0.3, 0.4) is 0 Å². The highest BCUT2D eigenvalue weighted by molar-refractivity contribution is 14.0. The van der Waals surface area contributed by atoms with Crippen LogP contribution in [-0.4, -0.2) is 49.5 Å². The van der Waals surface area contributed by atoms with Crippen molar-refractivity contribution in [1.82, 2.24) is 15.5 Å². The Labute approximate surface area is 157 Å². The molecule has 5 nitrogen and oxygen atoms in total. The fraction of sp³-hybridized carbons (Fsp3) is 0.882. The number of rotatable bonds is 3. The van der Waals surface area contributed by atoms with Gasteiger partial charge in [-0.25, -0.2) is 0 Å². The van der Waals surface area contributed by atoms with Crippen LogP contribution >= 0.6 is 24.0 Å². The van der Waals surface area contributed by atoms with E-state index < -0.39 is 0 Å². The summed E-state index contributed by atoms with van der Waals surface area (Å²) in [6.45, 7) is 11.4. The lowest BCUT2D eigenvalue weighted by atomic mass is 9.79. The highest BCUT2D eigenvalue weighted by atomic mass is 127. The lowest BCUT2D eigenvalue weighted by molar-refractivity contribution is -0.119. The van der Waals surface area contributed by atoms with Crippen molar-refractivity contribution in [2.24, 2.45) is 21.7 Å². The number of nitrogens with zero attached hydrogens (tertiary/aromatic N) is 2. The molecule has 6 heteroatoms. The molecule has 3 fully saturated rings. The van der Waals surface area contributed by atoms with Gasteiger partial charge in [0.2, 0.25) is 5.91 Å². The van der Waals surface area contributed by atoms with Gasteiger partial charge < -0.3 is 15.5 Å². The molecular weight excluding hydrogens is 403 g/mol. The van der Waals surface area contributed by atoms with E-state index in [2.05, 4.69) is 36.3 Å². The molecule has 1 saturated carbocycles. The van der Waals surface area contributed by atoms with Gasteiger partial charge in [-0.1, -0.05) is 13.8 Å². The zero-order chi connectivity index (χ0) is 15.8. The number of carbonyl (C=O) groups excluding carboxylic acids is 1. The molecule has 2 atom stereocenters. The molecule has 3 rings (SSSR count). The van der Waals surface area contributed by atoms with E-state index in [4.69, 9.17) is 4.99 Å². The Balaban J connectivity index is 0.00000192.